The summed E-state index contributed by atoms with van der Waals surface area (Å²) in [6.45, 7) is 22.2. The molecule has 2 rings (SSSR count). The van der Waals surface area contributed by atoms with E-state index in [0.29, 0.717) is 19.7 Å². The number of rotatable bonds is 3. The summed E-state index contributed by atoms with van der Waals surface area (Å²) in [4.78, 5) is 0. The van der Waals surface area contributed by atoms with E-state index < -0.39 is 7.41 Å². The Labute approximate surface area is 159 Å². The average Bonchev–Trinajstić information content (AvgIpc) is 2.78. The molecule has 0 spiro atoms. The maximum atomic E-state index is 4.35. The Balaban J connectivity index is 2.36. The van der Waals surface area contributed by atoms with Crippen molar-refractivity contribution in [3.8, 4) is 0 Å². The van der Waals surface area contributed by atoms with Gasteiger partial charge in [0.2, 0.25) is 0 Å². The van der Waals surface area contributed by atoms with Crippen molar-refractivity contribution < 1.29 is 19.4 Å². The first-order chi connectivity index (χ1) is 10.8. The van der Waals surface area contributed by atoms with Crippen LogP contribution in [0, 0.1) is 0 Å². The second kappa shape index (κ2) is 6.66. The Bertz CT molecular complexity index is 578. The first-order valence-corrected chi connectivity index (χ1v) is 12.8. The fourth-order valence-corrected chi connectivity index (χ4v) is 21.7. The van der Waals surface area contributed by atoms with E-state index in [1.165, 1.54) is 11.1 Å². The summed E-state index contributed by atoms with van der Waals surface area (Å²) in [5, 5.41) is 0.943. The number of allylic oxidation sites excluding steroid dienone is 1. The third kappa shape index (κ3) is 3.48. The molecule has 1 aromatic rings. The van der Waals surface area contributed by atoms with E-state index >= 15 is 0 Å². The van der Waals surface area contributed by atoms with Crippen molar-refractivity contribution in [2.75, 3.05) is 0 Å². The molecule has 0 saturated heterocycles. The summed E-state index contributed by atoms with van der Waals surface area (Å²) in [5.41, 5.74) is 2.95. The van der Waals surface area contributed by atoms with Crippen molar-refractivity contribution in [3.63, 3.8) is 0 Å². The molecule has 24 heavy (non-hydrogen) atoms. The van der Waals surface area contributed by atoms with Gasteiger partial charge in [0.05, 0.1) is 0 Å². The van der Waals surface area contributed by atoms with Gasteiger partial charge < -0.3 is 0 Å². The first kappa shape index (κ1) is 20.4. The molecule has 0 heterocycles. The van der Waals surface area contributed by atoms with E-state index in [0.717, 1.165) is 0 Å². The molecule has 1 unspecified atom stereocenters. The standard InChI is InChI=1S/C12H29NP.C9H7.Ti/c1-10(2,3)14(13,11(4,5)6)12(7,8)9;1-2-5-9-7-3-6-8(9)4-1;/h13-14H,1-9H3;1-7H;/q-1;;+1. The van der Waals surface area contributed by atoms with E-state index in [1.54, 1.807) is 0 Å². The molecular formula is C21H36NPTi. The molecule has 1 aromatic carbocycles. The van der Waals surface area contributed by atoms with Crippen LogP contribution in [0.25, 0.3) is 6.08 Å². The zero-order valence-corrected chi connectivity index (χ0v) is 19.6. The normalized spacial score (nSPS) is 19.3. The predicted octanol–water partition coefficient (Wildman–Crippen LogP) is 6.40. The average molecular weight is 381 g/mol. The number of hydrogen-bond donors (Lipinski definition) is 1. The van der Waals surface area contributed by atoms with Gasteiger partial charge in [0.25, 0.3) is 0 Å². The summed E-state index contributed by atoms with van der Waals surface area (Å²) in [6, 6.07) is 8.91. The van der Waals surface area contributed by atoms with Gasteiger partial charge in [-0.2, -0.15) is 0 Å². The van der Waals surface area contributed by atoms with Gasteiger partial charge >= 0.3 is 160 Å². The second-order valence-corrected chi connectivity index (χ2v) is 19.1. The van der Waals surface area contributed by atoms with E-state index in [2.05, 4.69) is 102 Å². The summed E-state index contributed by atoms with van der Waals surface area (Å²) in [6.07, 6.45) is 4.75. The Morgan fingerprint density at radius 3 is 1.83 bits per heavy atom. The van der Waals surface area contributed by atoms with Crippen LogP contribution in [0.4, 0.5) is 0 Å². The van der Waals surface area contributed by atoms with Crippen LogP contribution in [0.1, 0.15) is 77.7 Å². The van der Waals surface area contributed by atoms with Gasteiger partial charge in [0, 0.05) is 0 Å². The Morgan fingerprint density at radius 1 is 0.833 bits per heavy atom. The third-order valence-corrected chi connectivity index (χ3v) is 16.6. The zero-order chi connectivity index (χ0) is 18.4. The molecule has 0 amide bonds. The molecular weight excluding hydrogens is 345 g/mol. The summed E-state index contributed by atoms with van der Waals surface area (Å²) in [5.74, 6) is 0. The first-order valence-electron chi connectivity index (χ1n) is 9.11. The van der Waals surface area contributed by atoms with Crippen LogP contribution in [0.3, 0.4) is 0 Å². The minimum atomic E-state index is -1.82. The molecule has 1 atom stereocenters. The van der Waals surface area contributed by atoms with Gasteiger partial charge in [-0.1, -0.05) is 0 Å². The molecule has 1 N–H and O–H groups in total. The van der Waals surface area contributed by atoms with Crippen molar-refractivity contribution in [2.24, 2.45) is 0 Å². The maximum absolute atomic E-state index is 4.35. The Morgan fingerprint density at radius 2 is 1.33 bits per heavy atom. The second-order valence-electron chi connectivity index (χ2n) is 10.2. The van der Waals surface area contributed by atoms with Crippen LogP contribution in [-0.4, -0.2) is 15.5 Å². The monoisotopic (exact) mass is 381 g/mol. The molecule has 1 aliphatic carbocycles. The van der Waals surface area contributed by atoms with Crippen LogP contribution >= 0.6 is 7.41 Å². The SMILES string of the molecule is CC(C)(C)[PH]([NH][Ti][CH]1C=Cc2ccccc21)(C(C)(C)C)C(C)(C)C. The van der Waals surface area contributed by atoms with Crippen LogP contribution in [0.15, 0.2) is 30.3 Å². The van der Waals surface area contributed by atoms with Crippen LogP contribution in [0.2, 0.25) is 0 Å². The van der Waals surface area contributed by atoms with Gasteiger partial charge in [-0.15, -0.1) is 0 Å². The quantitative estimate of drug-likeness (QED) is 0.472. The number of benzene rings is 1. The van der Waals surface area contributed by atoms with E-state index in [4.69, 9.17) is 0 Å². The van der Waals surface area contributed by atoms with Crippen LogP contribution in [0.5, 0.6) is 0 Å². The van der Waals surface area contributed by atoms with Gasteiger partial charge in [-0.25, -0.2) is 0 Å². The van der Waals surface area contributed by atoms with Crippen LogP contribution < -0.4 is 3.57 Å². The Hall–Kier alpha value is 0.0643. The van der Waals surface area contributed by atoms with Crippen molar-refractivity contribution in [3.05, 3.63) is 41.5 Å². The zero-order valence-electron chi connectivity index (χ0n) is 17.0. The van der Waals surface area contributed by atoms with Gasteiger partial charge in [-0.05, 0) is 0 Å². The molecule has 0 radical (unpaired) electrons. The number of fused-ring (bicyclic) bond motifs is 1. The Kier molecular flexibility index (Phi) is 5.65. The minimum absolute atomic E-state index is 0.291. The van der Waals surface area contributed by atoms with Gasteiger partial charge in [0.1, 0.15) is 0 Å². The van der Waals surface area contributed by atoms with E-state index in [-0.39, 0.29) is 19.4 Å². The molecule has 3 heteroatoms. The molecule has 0 saturated carbocycles. The molecule has 1 aliphatic rings. The third-order valence-electron chi connectivity index (χ3n) is 5.59. The van der Waals surface area contributed by atoms with Gasteiger partial charge in [-0.3, -0.25) is 0 Å². The molecule has 0 fully saturated rings. The van der Waals surface area contributed by atoms with Crippen molar-refractivity contribution >= 4 is 13.5 Å². The number of nitrogens with one attached hydrogen (secondary N) is 1. The molecule has 0 aliphatic heterocycles. The fourth-order valence-electron chi connectivity index (χ4n) is 5.50. The van der Waals surface area contributed by atoms with E-state index in [9.17, 15) is 0 Å². The molecule has 0 aromatic heterocycles. The van der Waals surface area contributed by atoms with Gasteiger partial charge in [0.15, 0.2) is 0 Å². The fraction of sp³-hybridized carbons (Fsp3) is 0.619. The summed E-state index contributed by atoms with van der Waals surface area (Å²) in [7, 11) is -1.82. The van der Waals surface area contributed by atoms with Crippen LogP contribution in [-0.2, 0) is 19.4 Å². The predicted molar refractivity (Wildman–Crippen MR) is 109 cm³/mol. The molecule has 134 valence electrons. The molecule has 0 bridgehead atoms. The molecule has 1 nitrogen and oxygen atoms in total. The van der Waals surface area contributed by atoms with Crippen molar-refractivity contribution in [2.45, 2.75) is 82.0 Å². The van der Waals surface area contributed by atoms with E-state index in [1.807, 2.05) is 0 Å². The van der Waals surface area contributed by atoms with Crippen molar-refractivity contribution in [1.29, 1.82) is 0 Å². The number of hydrogen-bond acceptors (Lipinski definition) is 1. The summed E-state index contributed by atoms with van der Waals surface area (Å²) < 4.78 is 4.97. The summed E-state index contributed by atoms with van der Waals surface area (Å²) >= 11 is -0.291. The topological polar surface area (TPSA) is 12.0 Å². The van der Waals surface area contributed by atoms with Crippen molar-refractivity contribution in [1.82, 2.24) is 3.57 Å².